The zero-order valence-electron chi connectivity index (χ0n) is 9.14. The summed E-state index contributed by atoms with van der Waals surface area (Å²) in [7, 11) is 1.51. The maximum Gasteiger partial charge on any atom is 0.313 e. The van der Waals surface area contributed by atoms with E-state index in [2.05, 4.69) is 5.32 Å². The predicted octanol–water partition coefficient (Wildman–Crippen LogP) is -0.682. The lowest BCUT2D eigenvalue weighted by molar-refractivity contribution is -0.133. The first kappa shape index (κ1) is 15.2. The molecule has 0 radical (unpaired) electrons. The Bertz CT molecular complexity index is 218. The molecule has 1 unspecified atom stereocenters. The maximum absolute atomic E-state index is 11.3. The van der Waals surface area contributed by atoms with Crippen LogP contribution < -0.4 is 5.32 Å². The van der Waals surface area contributed by atoms with Gasteiger partial charge in [0.15, 0.2) is 0 Å². The van der Waals surface area contributed by atoms with Gasteiger partial charge in [-0.1, -0.05) is 0 Å². The van der Waals surface area contributed by atoms with Gasteiger partial charge >= 0.3 is 5.97 Å². The minimum absolute atomic E-state index is 0.0312. The Labute approximate surface area is 98.4 Å². The second-order valence-electron chi connectivity index (χ2n) is 3.12. The van der Waals surface area contributed by atoms with Crippen molar-refractivity contribution in [3.05, 3.63) is 0 Å². The van der Waals surface area contributed by atoms with Crippen LogP contribution in [0, 0.1) is 0 Å². The number of hydrogen-bond acceptors (Lipinski definition) is 5. The Kier molecular flexibility index (Phi) is 8.97. The van der Waals surface area contributed by atoms with Crippen LogP contribution >= 0.6 is 11.8 Å². The van der Waals surface area contributed by atoms with Crippen LogP contribution in [-0.2, 0) is 14.3 Å². The highest BCUT2D eigenvalue weighted by Gasteiger charge is 2.11. The molecule has 94 valence electrons. The lowest BCUT2D eigenvalue weighted by atomic mass is 10.2. The van der Waals surface area contributed by atoms with Crippen molar-refractivity contribution < 1.29 is 24.5 Å². The standard InChI is InChI=1S/C9H17NO5S/c1-15-4-7(2-3-11)10-8(12)5-16-6-9(13)14/h7,11H,2-6H2,1H3,(H,10,12)(H,13,14). The molecule has 0 fully saturated rings. The molecule has 1 amide bonds. The van der Waals surface area contributed by atoms with Crippen LogP contribution in [0.4, 0.5) is 0 Å². The number of rotatable bonds is 9. The number of amides is 1. The highest BCUT2D eigenvalue weighted by molar-refractivity contribution is 8.00. The first-order valence-corrected chi connectivity index (χ1v) is 5.94. The Morgan fingerprint density at radius 3 is 2.62 bits per heavy atom. The van der Waals surface area contributed by atoms with Crippen molar-refractivity contribution in [1.29, 1.82) is 0 Å². The highest BCUT2D eigenvalue weighted by atomic mass is 32.2. The number of aliphatic carboxylic acids is 1. The van der Waals surface area contributed by atoms with Crippen molar-refractivity contribution in [3.8, 4) is 0 Å². The van der Waals surface area contributed by atoms with Gasteiger partial charge in [0.1, 0.15) is 0 Å². The van der Waals surface area contributed by atoms with E-state index < -0.39 is 5.97 Å². The SMILES string of the molecule is COCC(CCO)NC(=O)CSCC(=O)O. The largest absolute Gasteiger partial charge is 0.481 e. The third kappa shape index (κ3) is 8.51. The molecular weight excluding hydrogens is 234 g/mol. The molecule has 0 aliphatic rings. The molecule has 0 aromatic heterocycles. The summed E-state index contributed by atoms with van der Waals surface area (Å²) in [5.41, 5.74) is 0. The molecule has 0 saturated heterocycles. The molecular formula is C9H17NO5S. The summed E-state index contributed by atoms with van der Waals surface area (Å²) in [6.45, 7) is 0.298. The molecule has 0 aromatic rings. The van der Waals surface area contributed by atoms with Gasteiger partial charge in [-0.15, -0.1) is 11.8 Å². The first-order valence-electron chi connectivity index (χ1n) is 4.78. The van der Waals surface area contributed by atoms with Gasteiger partial charge in [-0.25, -0.2) is 0 Å². The second-order valence-corrected chi connectivity index (χ2v) is 4.10. The quantitative estimate of drug-likeness (QED) is 0.502. The van der Waals surface area contributed by atoms with Crippen molar-refractivity contribution in [3.63, 3.8) is 0 Å². The van der Waals surface area contributed by atoms with Gasteiger partial charge < -0.3 is 20.3 Å². The fourth-order valence-corrected chi connectivity index (χ4v) is 1.60. The van der Waals surface area contributed by atoms with Gasteiger partial charge in [0.05, 0.1) is 24.2 Å². The lowest BCUT2D eigenvalue weighted by Gasteiger charge is -2.16. The second kappa shape index (κ2) is 9.44. The topological polar surface area (TPSA) is 95.9 Å². The van der Waals surface area contributed by atoms with Crippen molar-refractivity contribution in [2.75, 3.05) is 31.8 Å². The van der Waals surface area contributed by atoms with Crippen molar-refractivity contribution in [2.45, 2.75) is 12.5 Å². The van der Waals surface area contributed by atoms with Gasteiger partial charge in [0, 0.05) is 13.7 Å². The summed E-state index contributed by atoms with van der Waals surface area (Å²) < 4.78 is 4.87. The summed E-state index contributed by atoms with van der Waals surface area (Å²) in [5, 5.41) is 19.8. The molecule has 0 rings (SSSR count). The fourth-order valence-electron chi connectivity index (χ4n) is 1.05. The van der Waals surface area contributed by atoms with Gasteiger partial charge in [-0.2, -0.15) is 0 Å². The summed E-state index contributed by atoms with van der Waals surface area (Å²) in [4.78, 5) is 21.5. The lowest BCUT2D eigenvalue weighted by Crippen LogP contribution is -2.39. The number of nitrogens with one attached hydrogen (secondary N) is 1. The predicted molar refractivity (Wildman–Crippen MR) is 60.5 cm³/mol. The summed E-state index contributed by atoms with van der Waals surface area (Å²) >= 11 is 1.03. The molecule has 6 nitrogen and oxygen atoms in total. The third-order valence-corrected chi connectivity index (χ3v) is 2.59. The number of carboxylic acids is 1. The number of thioether (sulfide) groups is 1. The molecule has 3 N–H and O–H groups in total. The Hall–Kier alpha value is -0.790. The number of methoxy groups -OCH3 is 1. The summed E-state index contributed by atoms with van der Waals surface area (Å²) in [6, 6.07) is -0.229. The van der Waals surface area contributed by atoms with E-state index in [0.29, 0.717) is 13.0 Å². The smallest absolute Gasteiger partial charge is 0.313 e. The van der Waals surface area contributed by atoms with E-state index in [1.165, 1.54) is 7.11 Å². The highest BCUT2D eigenvalue weighted by Crippen LogP contribution is 2.00. The van der Waals surface area contributed by atoms with Crippen LogP contribution in [0.1, 0.15) is 6.42 Å². The normalized spacial score (nSPS) is 12.1. The Balaban J connectivity index is 3.76. The van der Waals surface area contributed by atoms with Crippen LogP contribution in [0.5, 0.6) is 0 Å². The molecule has 1 atom stereocenters. The average Bonchev–Trinajstić information content (AvgIpc) is 2.17. The van der Waals surface area contributed by atoms with Gasteiger partial charge in [-0.3, -0.25) is 9.59 Å². The molecule has 16 heavy (non-hydrogen) atoms. The van der Waals surface area contributed by atoms with Gasteiger partial charge in [0.2, 0.25) is 5.91 Å². The molecule has 0 bridgehead atoms. The number of carboxylic acid groups (broad SMARTS) is 1. The van der Waals surface area contributed by atoms with E-state index in [1.807, 2.05) is 0 Å². The minimum atomic E-state index is -0.943. The van der Waals surface area contributed by atoms with Crippen LogP contribution in [0.3, 0.4) is 0 Å². The zero-order chi connectivity index (χ0) is 12.4. The van der Waals surface area contributed by atoms with Crippen LogP contribution in [0.25, 0.3) is 0 Å². The Morgan fingerprint density at radius 2 is 2.12 bits per heavy atom. The number of carbonyl (C=O) groups excluding carboxylic acids is 1. The van der Waals surface area contributed by atoms with Crippen LogP contribution in [-0.4, -0.2) is 60.0 Å². The minimum Gasteiger partial charge on any atom is -0.481 e. The number of aliphatic hydroxyl groups excluding tert-OH is 1. The van der Waals surface area contributed by atoms with Crippen LogP contribution in [0.2, 0.25) is 0 Å². The van der Waals surface area contributed by atoms with Gasteiger partial charge in [-0.05, 0) is 6.42 Å². The van der Waals surface area contributed by atoms with E-state index in [9.17, 15) is 9.59 Å². The van der Waals surface area contributed by atoms with Crippen molar-refractivity contribution in [2.24, 2.45) is 0 Å². The van der Waals surface area contributed by atoms with Crippen LogP contribution in [0.15, 0.2) is 0 Å². The molecule has 0 aliphatic heterocycles. The molecule has 0 aliphatic carbocycles. The number of ether oxygens (including phenoxy) is 1. The molecule has 0 heterocycles. The third-order valence-electron chi connectivity index (χ3n) is 1.67. The van der Waals surface area contributed by atoms with E-state index in [-0.39, 0.29) is 30.1 Å². The number of aliphatic hydroxyl groups is 1. The molecule has 0 saturated carbocycles. The zero-order valence-corrected chi connectivity index (χ0v) is 9.96. The van der Waals surface area contributed by atoms with E-state index >= 15 is 0 Å². The monoisotopic (exact) mass is 251 g/mol. The van der Waals surface area contributed by atoms with Crippen molar-refractivity contribution >= 4 is 23.6 Å². The molecule has 0 aromatic carbocycles. The summed E-state index contributed by atoms with van der Waals surface area (Å²) in [6.07, 6.45) is 0.420. The molecule has 0 spiro atoms. The maximum atomic E-state index is 11.3. The van der Waals surface area contributed by atoms with E-state index in [4.69, 9.17) is 14.9 Å². The van der Waals surface area contributed by atoms with E-state index in [0.717, 1.165) is 11.8 Å². The fraction of sp³-hybridized carbons (Fsp3) is 0.778. The van der Waals surface area contributed by atoms with Gasteiger partial charge in [0.25, 0.3) is 0 Å². The number of hydrogen-bond donors (Lipinski definition) is 3. The first-order chi connectivity index (χ1) is 7.60. The Morgan fingerprint density at radius 1 is 1.44 bits per heavy atom. The van der Waals surface area contributed by atoms with E-state index in [1.54, 1.807) is 0 Å². The van der Waals surface area contributed by atoms with Crippen molar-refractivity contribution in [1.82, 2.24) is 5.32 Å². The summed E-state index contributed by atoms with van der Waals surface area (Å²) in [5.74, 6) is -1.19. The molecule has 7 heteroatoms. The number of carbonyl (C=O) groups is 2. The average molecular weight is 251 g/mol.